The van der Waals surface area contributed by atoms with Crippen LogP contribution < -0.4 is 4.74 Å². The Balaban J connectivity index is 1.78. The molecule has 0 fully saturated rings. The van der Waals surface area contributed by atoms with E-state index >= 15 is 0 Å². The predicted octanol–water partition coefficient (Wildman–Crippen LogP) is 1.78. The van der Waals surface area contributed by atoms with Crippen LogP contribution in [0.2, 0.25) is 0 Å². The molecule has 2 aromatic rings. The fraction of sp³-hybridized carbons (Fsp3) is 0.333. The van der Waals surface area contributed by atoms with E-state index in [0.29, 0.717) is 12.3 Å². The summed E-state index contributed by atoms with van der Waals surface area (Å²) in [6.07, 6.45) is 1.48. The number of fused-ring (bicyclic) bond motifs is 2. The van der Waals surface area contributed by atoms with Gasteiger partial charge in [-0.1, -0.05) is 18.2 Å². The molecule has 1 aliphatic rings. The highest BCUT2D eigenvalue weighted by Crippen LogP contribution is 2.36. The van der Waals surface area contributed by atoms with E-state index in [1.54, 1.807) is 13.1 Å². The highest BCUT2D eigenvalue weighted by atomic mass is 16.6. The van der Waals surface area contributed by atoms with Crippen LogP contribution in [0.4, 0.5) is 0 Å². The molecule has 1 aromatic heterocycles. The van der Waals surface area contributed by atoms with E-state index < -0.39 is 31.2 Å². The van der Waals surface area contributed by atoms with Crippen molar-refractivity contribution in [3.05, 3.63) is 53.2 Å². The molecule has 0 spiro atoms. The predicted molar refractivity (Wildman–Crippen MR) is 86.0 cm³/mol. The van der Waals surface area contributed by atoms with E-state index in [2.05, 4.69) is 4.98 Å². The monoisotopic (exact) mass is 329 g/mol. The summed E-state index contributed by atoms with van der Waals surface area (Å²) in [6.45, 7) is 0.919. The zero-order chi connectivity index (χ0) is 17.1. The highest BCUT2D eigenvalue weighted by molar-refractivity contribution is 5.78. The minimum absolute atomic E-state index is 0.406. The molecule has 3 rings (SSSR count). The molecule has 0 saturated heterocycles. The lowest BCUT2D eigenvalue weighted by Gasteiger charge is -2.21. The Labute approximate surface area is 139 Å². The number of hydrogen-bond donors (Lipinski definition) is 2. The van der Waals surface area contributed by atoms with Gasteiger partial charge in [0.15, 0.2) is 0 Å². The fourth-order valence-electron chi connectivity index (χ4n) is 2.60. The maximum Gasteiger partial charge on any atom is 0.313 e. The maximum absolute atomic E-state index is 12.2. The summed E-state index contributed by atoms with van der Waals surface area (Å²) in [6, 6.07) is 9.38. The molecule has 1 unspecified atom stereocenters. The first-order valence-corrected chi connectivity index (χ1v) is 7.79. The molecule has 2 N–H and O–H groups in total. The van der Waals surface area contributed by atoms with Crippen molar-refractivity contribution in [1.29, 1.82) is 0 Å². The average Bonchev–Trinajstić information content (AvgIpc) is 2.63. The van der Waals surface area contributed by atoms with Crippen molar-refractivity contribution in [3.63, 3.8) is 0 Å². The Morgan fingerprint density at radius 2 is 2.08 bits per heavy atom. The van der Waals surface area contributed by atoms with Crippen molar-refractivity contribution in [3.8, 4) is 11.6 Å². The third-order valence-corrected chi connectivity index (χ3v) is 4.07. The third-order valence-electron chi connectivity index (χ3n) is 4.07. The normalized spacial score (nSPS) is 13.7. The molecule has 0 aliphatic carbocycles. The number of carbonyl (C=O) groups excluding carboxylic acids is 1. The van der Waals surface area contributed by atoms with Crippen LogP contribution in [0, 0.1) is 0 Å². The lowest BCUT2D eigenvalue weighted by molar-refractivity contribution is -0.154. The molecule has 0 radical (unpaired) electrons. The molecule has 6 nitrogen and oxygen atoms in total. The van der Waals surface area contributed by atoms with Crippen molar-refractivity contribution < 1.29 is 24.5 Å². The molecule has 24 heavy (non-hydrogen) atoms. The van der Waals surface area contributed by atoms with Crippen LogP contribution in [0.1, 0.15) is 29.5 Å². The second kappa shape index (κ2) is 6.98. The Morgan fingerprint density at radius 3 is 2.83 bits per heavy atom. The molecule has 1 aromatic carbocycles. The van der Waals surface area contributed by atoms with Crippen LogP contribution in [0.5, 0.6) is 11.6 Å². The summed E-state index contributed by atoms with van der Waals surface area (Å²) in [4.78, 5) is 16.4. The van der Waals surface area contributed by atoms with Gasteiger partial charge in [0, 0.05) is 18.2 Å². The summed E-state index contributed by atoms with van der Waals surface area (Å²) in [5.74, 6) is 0.348. The minimum atomic E-state index is -0.890. The van der Waals surface area contributed by atoms with Crippen LogP contribution in [0.15, 0.2) is 36.5 Å². The highest BCUT2D eigenvalue weighted by Gasteiger charge is 2.23. The Bertz CT molecular complexity index is 742. The SMILES string of the molecule is CC(C(=O)OC(CO)CO)c1ccc2c(c1)Cc1cccnc1O2. The molecular weight excluding hydrogens is 310 g/mol. The molecular formula is C18H19NO5. The maximum atomic E-state index is 12.2. The molecule has 1 atom stereocenters. The number of rotatable bonds is 5. The Kier molecular flexibility index (Phi) is 4.78. The van der Waals surface area contributed by atoms with Crippen LogP contribution in [0.25, 0.3) is 0 Å². The van der Waals surface area contributed by atoms with E-state index in [0.717, 1.165) is 22.4 Å². The average molecular weight is 329 g/mol. The van der Waals surface area contributed by atoms with E-state index in [9.17, 15) is 4.79 Å². The molecule has 0 bridgehead atoms. The van der Waals surface area contributed by atoms with Gasteiger partial charge in [-0.2, -0.15) is 0 Å². The number of benzene rings is 1. The van der Waals surface area contributed by atoms with Gasteiger partial charge in [0.25, 0.3) is 0 Å². The van der Waals surface area contributed by atoms with Gasteiger partial charge in [-0.3, -0.25) is 4.79 Å². The molecule has 1 aliphatic heterocycles. The van der Waals surface area contributed by atoms with Crippen molar-refractivity contribution in [1.82, 2.24) is 4.98 Å². The van der Waals surface area contributed by atoms with Gasteiger partial charge in [0.2, 0.25) is 5.88 Å². The standard InChI is InChI=1S/C18H19NO5/c1-11(18(22)23-15(9-20)10-21)12-4-5-16-14(7-12)8-13-3-2-6-19-17(13)24-16/h2-7,11,15,20-21H,8-10H2,1H3. The van der Waals surface area contributed by atoms with Crippen molar-refractivity contribution in [2.24, 2.45) is 0 Å². The van der Waals surface area contributed by atoms with Gasteiger partial charge in [0.05, 0.1) is 19.1 Å². The van der Waals surface area contributed by atoms with Gasteiger partial charge in [0.1, 0.15) is 11.9 Å². The molecule has 0 saturated carbocycles. The number of aromatic nitrogens is 1. The number of hydrogen-bond acceptors (Lipinski definition) is 6. The lowest BCUT2D eigenvalue weighted by Crippen LogP contribution is -2.28. The number of aliphatic hydroxyl groups excluding tert-OH is 2. The summed E-state index contributed by atoms with van der Waals surface area (Å²) >= 11 is 0. The van der Waals surface area contributed by atoms with Gasteiger partial charge in [-0.25, -0.2) is 4.98 Å². The molecule has 2 heterocycles. The van der Waals surface area contributed by atoms with E-state index in [1.165, 1.54) is 0 Å². The summed E-state index contributed by atoms with van der Waals surface area (Å²) in [5.41, 5.74) is 2.77. The zero-order valence-corrected chi connectivity index (χ0v) is 13.3. The Morgan fingerprint density at radius 1 is 1.29 bits per heavy atom. The van der Waals surface area contributed by atoms with Crippen LogP contribution >= 0.6 is 0 Å². The number of ether oxygens (including phenoxy) is 2. The third kappa shape index (κ3) is 3.25. The number of esters is 1. The summed E-state index contributed by atoms with van der Waals surface area (Å²) in [5, 5.41) is 18.0. The van der Waals surface area contributed by atoms with E-state index in [-0.39, 0.29) is 0 Å². The first-order valence-electron chi connectivity index (χ1n) is 7.79. The second-order valence-electron chi connectivity index (χ2n) is 5.76. The van der Waals surface area contributed by atoms with Crippen molar-refractivity contribution in [2.75, 3.05) is 13.2 Å². The van der Waals surface area contributed by atoms with Crippen LogP contribution in [-0.4, -0.2) is 40.5 Å². The number of carbonyl (C=O) groups is 1. The second-order valence-corrected chi connectivity index (χ2v) is 5.76. The molecule has 126 valence electrons. The zero-order valence-electron chi connectivity index (χ0n) is 13.3. The topological polar surface area (TPSA) is 88.9 Å². The Hall–Kier alpha value is -2.44. The number of nitrogens with zero attached hydrogens (tertiary/aromatic N) is 1. The summed E-state index contributed by atoms with van der Waals surface area (Å²) in [7, 11) is 0. The lowest BCUT2D eigenvalue weighted by atomic mass is 9.95. The largest absolute Gasteiger partial charge is 0.457 e. The van der Waals surface area contributed by atoms with Gasteiger partial charge in [-0.05, 0) is 30.2 Å². The van der Waals surface area contributed by atoms with Gasteiger partial charge < -0.3 is 19.7 Å². The first kappa shape index (κ1) is 16.4. The van der Waals surface area contributed by atoms with Crippen LogP contribution in [-0.2, 0) is 16.0 Å². The van der Waals surface area contributed by atoms with E-state index in [1.807, 2.05) is 30.3 Å². The molecule has 0 amide bonds. The number of aliphatic hydroxyl groups is 2. The van der Waals surface area contributed by atoms with Gasteiger partial charge in [-0.15, -0.1) is 0 Å². The minimum Gasteiger partial charge on any atom is -0.457 e. The summed E-state index contributed by atoms with van der Waals surface area (Å²) < 4.78 is 10.9. The fourth-order valence-corrected chi connectivity index (χ4v) is 2.60. The first-order chi connectivity index (χ1) is 11.6. The van der Waals surface area contributed by atoms with E-state index in [4.69, 9.17) is 19.7 Å². The van der Waals surface area contributed by atoms with Gasteiger partial charge >= 0.3 is 5.97 Å². The van der Waals surface area contributed by atoms with Crippen LogP contribution in [0.3, 0.4) is 0 Å². The smallest absolute Gasteiger partial charge is 0.313 e. The van der Waals surface area contributed by atoms with Crippen molar-refractivity contribution >= 4 is 5.97 Å². The number of pyridine rings is 1. The quantitative estimate of drug-likeness (QED) is 0.694. The molecule has 6 heteroatoms. The van der Waals surface area contributed by atoms with Crippen molar-refractivity contribution in [2.45, 2.75) is 25.4 Å².